The van der Waals surface area contributed by atoms with Crippen LogP contribution in [0.1, 0.15) is 5.56 Å². The van der Waals surface area contributed by atoms with Crippen LogP contribution in [0.5, 0.6) is 0 Å². The number of aliphatic imine (C=N–C) groups is 1. The number of rotatable bonds is 6. The number of hydrogen-bond acceptors (Lipinski definition) is 3. The van der Waals surface area contributed by atoms with Gasteiger partial charge in [-0.25, -0.2) is 4.99 Å². The molecule has 0 saturated carbocycles. The summed E-state index contributed by atoms with van der Waals surface area (Å²) < 4.78 is 16.1. The van der Waals surface area contributed by atoms with E-state index in [2.05, 4.69) is 10.3 Å². The van der Waals surface area contributed by atoms with E-state index in [0.29, 0.717) is 25.7 Å². The number of nitrogens with one attached hydrogen (secondary N) is 1. The highest BCUT2D eigenvalue weighted by atomic mass is 32.2. The molecule has 0 spiro atoms. The molecule has 5 nitrogen and oxygen atoms in total. The molecule has 0 saturated heterocycles. The van der Waals surface area contributed by atoms with E-state index in [-0.39, 0.29) is 0 Å². The van der Waals surface area contributed by atoms with Crippen molar-refractivity contribution >= 4 is 16.8 Å². The maximum absolute atomic E-state index is 11.2. The van der Waals surface area contributed by atoms with Crippen molar-refractivity contribution in [2.75, 3.05) is 26.5 Å². The lowest BCUT2D eigenvalue weighted by molar-refractivity contribution is 0.204. The van der Waals surface area contributed by atoms with Gasteiger partial charge in [-0.3, -0.25) is 4.21 Å². The molecule has 1 atom stereocenters. The zero-order valence-electron chi connectivity index (χ0n) is 10.7. The minimum Gasteiger partial charge on any atom is -0.383 e. The molecule has 1 unspecified atom stereocenters. The third-order valence-corrected chi connectivity index (χ3v) is 3.24. The Labute approximate surface area is 110 Å². The number of hydrogen-bond donors (Lipinski definition) is 2. The molecule has 0 fully saturated rings. The van der Waals surface area contributed by atoms with E-state index in [0.717, 1.165) is 10.5 Å². The molecule has 1 rings (SSSR count). The Morgan fingerprint density at radius 2 is 2.11 bits per heavy atom. The molecular formula is C12H19N3O2S. The number of ether oxygens (including phenoxy) is 1. The predicted octanol–water partition coefficient (Wildman–Crippen LogP) is 0.475. The van der Waals surface area contributed by atoms with Crippen LogP contribution in [0.15, 0.2) is 34.2 Å². The summed E-state index contributed by atoms with van der Waals surface area (Å²) in [7, 11) is 0.691. The topological polar surface area (TPSA) is 76.7 Å². The first kappa shape index (κ1) is 14.7. The van der Waals surface area contributed by atoms with Gasteiger partial charge in [0.15, 0.2) is 5.96 Å². The summed E-state index contributed by atoms with van der Waals surface area (Å²) in [6.07, 6.45) is 1.66. The van der Waals surface area contributed by atoms with Gasteiger partial charge in [0.05, 0.1) is 13.2 Å². The van der Waals surface area contributed by atoms with E-state index < -0.39 is 10.8 Å². The van der Waals surface area contributed by atoms with Gasteiger partial charge in [-0.2, -0.15) is 0 Å². The Morgan fingerprint density at radius 3 is 2.67 bits per heavy atom. The minimum atomic E-state index is -0.942. The normalized spacial score (nSPS) is 13.3. The van der Waals surface area contributed by atoms with Crippen molar-refractivity contribution in [1.29, 1.82) is 0 Å². The molecule has 0 bridgehead atoms. The number of nitrogens with two attached hydrogens (primary N) is 1. The van der Waals surface area contributed by atoms with Gasteiger partial charge in [0.1, 0.15) is 0 Å². The Bertz CT molecular complexity index is 418. The number of benzene rings is 1. The third-order valence-electron chi connectivity index (χ3n) is 2.30. The molecule has 6 heteroatoms. The van der Waals surface area contributed by atoms with Crippen LogP contribution in [0.3, 0.4) is 0 Å². The summed E-state index contributed by atoms with van der Waals surface area (Å²) >= 11 is 0. The van der Waals surface area contributed by atoms with Crippen LogP contribution in [0.25, 0.3) is 0 Å². The summed E-state index contributed by atoms with van der Waals surface area (Å²) in [6.45, 7) is 1.73. The van der Waals surface area contributed by atoms with Crippen molar-refractivity contribution in [3.8, 4) is 0 Å². The highest BCUT2D eigenvalue weighted by Gasteiger charge is 1.97. The van der Waals surface area contributed by atoms with Crippen molar-refractivity contribution in [2.24, 2.45) is 10.7 Å². The van der Waals surface area contributed by atoms with Gasteiger partial charge in [-0.1, -0.05) is 12.1 Å². The molecule has 0 heterocycles. The van der Waals surface area contributed by atoms with Crippen molar-refractivity contribution in [2.45, 2.75) is 11.4 Å². The van der Waals surface area contributed by atoms with Crippen LogP contribution in [-0.4, -0.2) is 36.7 Å². The molecule has 0 aliphatic carbocycles. The average molecular weight is 269 g/mol. The van der Waals surface area contributed by atoms with Crippen LogP contribution in [0.4, 0.5) is 0 Å². The second-order valence-electron chi connectivity index (χ2n) is 3.72. The SMILES string of the molecule is COCCNC(N)=NCc1ccc(S(C)=O)cc1. The number of methoxy groups -OCH3 is 1. The van der Waals surface area contributed by atoms with Crippen molar-refractivity contribution in [3.63, 3.8) is 0 Å². The zero-order valence-corrected chi connectivity index (χ0v) is 11.5. The molecule has 0 aromatic heterocycles. The van der Waals surface area contributed by atoms with E-state index in [4.69, 9.17) is 10.5 Å². The number of nitrogens with zero attached hydrogens (tertiary/aromatic N) is 1. The summed E-state index contributed by atoms with van der Waals surface area (Å²) in [6, 6.07) is 7.50. The standard InChI is InChI=1S/C12H19N3O2S/c1-17-8-7-14-12(13)15-9-10-3-5-11(6-4-10)18(2)16/h3-6H,7-9H2,1-2H3,(H3,13,14,15). The van der Waals surface area contributed by atoms with Gasteiger partial charge >= 0.3 is 0 Å². The maximum atomic E-state index is 11.2. The van der Waals surface area contributed by atoms with Gasteiger partial charge in [-0.05, 0) is 17.7 Å². The Balaban J connectivity index is 2.47. The quantitative estimate of drug-likeness (QED) is 0.447. The zero-order chi connectivity index (χ0) is 13.4. The molecule has 0 radical (unpaired) electrons. The first-order chi connectivity index (χ1) is 8.63. The van der Waals surface area contributed by atoms with Gasteiger partial charge in [0.2, 0.25) is 0 Å². The summed E-state index contributed by atoms with van der Waals surface area (Å²) in [5.74, 6) is 0.398. The Hall–Kier alpha value is -1.40. The molecule has 3 N–H and O–H groups in total. The Kier molecular flexibility index (Phi) is 6.38. The van der Waals surface area contributed by atoms with E-state index in [1.54, 1.807) is 13.4 Å². The maximum Gasteiger partial charge on any atom is 0.188 e. The van der Waals surface area contributed by atoms with Gasteiger partial charge in [-0.15, -0.1) is 0 Å². The van der Waals surface area contributed by atoms with Gasteiger partial charge in [0.25, 0.3) is 0 Å². The van der Waals surface area contributed by atoms with Gasteiger partial charge in [0, 0.05) is 35.6 Å². The monoisotopic (exact) mass is 269 g/mol. The molecule has 1 aromatic carbocycles. The fraction of sp³-hybridized carbons (Fsp3) is 0.417. The van der Waals surface area contributed by atoms with Crippen molar-refractivity contribution < 1.29 is 8.95 Å². The first-order valence-corrected chi connectivity index (χ1v) is 7.14. The first-order valence-electron chi connectivity index (χ1n) is 5.58. The lowest BCUT2D eigenvalue weighted by Gasteiger charge is -2.04. The predicted molar refractivity (Wildman–Crippen MR) is 74.0 cm³/mol. The smallest absolute Gasteiger partial charge is 0.188 e. The molecule has 0 aliphatic heterocycles. The van der Waals surface area contributed by atoms with Crippen LogP contribution >= 0.6 is 0 Å². The molecule has 0 aliphatic rings. The highest BCUT2D eigenvalue weighted by Crippen LogP contribution is 2.08. The summed E-state index contributed by atoms with van der Waals surface area (Å²) in [4.78, 5) is 5.01. The van der Waals surface area contributed by atoms with Crippen molar-refractivity contribution in [3.05, 3.63) is 29.8 Å². The van der Waals surface area contributed by atoms with E-state index in [9.17, 15) is 4.21 Å². The average Bonchev–Trinajstić information content (AvgIpc) is 2.37. The van der Waals surface area contributed by atoms with E-state index >= 15 is 0 Å². The molecular weight excluding hydrogens is 250 g/mol. The second kappa shape index (κ2) is 7.84. The van der Waals surface area contributed by atoms with Crippen LogP contribution in [0.2, 0.25) is 0 Å². The summed E-state index contributed by atoms with van der Waals surface area (Å²) in [5.41, 5.74) is 6.70. The lowest BCUT2D eigenvalue weighted by atomic mass is 10.2. The van der Waals surface area contributed by atoms with E-state index in [1.807, 2.05) is 24.3 Å². The van der Waals surface area contributed by atoms with Crippen LogP contribution < -0.4 is 11.1 Å². The lowest BCUT2D eigenvalue weighted by Crippen LogP contribution is -2.34. The Morgan fingerprint density at radius 1 is 1.44 bits per heavy atom. The molecule has 100 valence electrons. The largest absolute Gasteiger partial charge is 0.383 e. The molecule has 0 amide bonds. The van der Waals surface area contributed by atoms with Crippen molar-refractivity contribution in [1.82, 2.24) is 5.32 Å². The highest BCUT2D eigenvalue weighted by molar-refractivity contribution is 7.84. The van der Waals surface area contributed by atoms with E-state index in [1.165, 1.54) is 0 Å². The van der Waals surface area contributed by atoms with Crippen LogP contribution in [-0.2, 0) is 22.1 Å². The molecule has 1 aromatic rings. The number of guanidine groups is 1. The third kappa shape index (κ3) is 5.29. The second-order valence-corrected chi connectivity index (χ2v) is 5.10. The minimum absolute atomic E-state index is 0.398. The summed E-state index contributed by atoms with van der Waals surface area (Å²) in [5, 5.41) is 2.94. The fourth-order valence-corrected chi connectivity index (χ4v) is 1.82. The van der Waals surface area contributed by atoms with Gasteiger partial charge < -0.3 is 15.8 Å². The van der Waals surface area contributed by atoms with Crippen LogP contribution in [0, 0.1) is 0 Å². The fourth-order valence-electron chi connectivity index (χ4n) is 1.30. The molecule has 18 heavy (non-hydrogen) atoms.